The van der Waals surface area contributed by atoms with Crippen molar-refractivity contribution in [3.8, 4) is 11.3 Å². The van der Waals surface area contributed by atoms with Gasteiger partial charge in [-0.1, -0.05) is 63.8 Å². The Hall–Kier alpha value is -2.39. The highest BCUT2D eigenvalue weighted by Gasteiger charge is 2.18. The van der Waals surface area contributed by atoms with Crippen LogP contribution in [0.3, 0.4) is 0 Å². The molecule has 3 heteroatoms. The molecule has 0 saturated heterocycles. The Morgan fingerprint density at radius 3 is 2.38 bits per heavy atom. The van der Waals surface area contributed by atoms with Crippen LogP contribution in [0, 0.1) is 0 Å². The SMILES string of the molecule is CC(C)c1ccc2c(c1)oc1c(-c3ccc([Si](C)(C)C)cn3)cccc12. The van der Waals surface area contributed by atoms with Crippen LogP contribution in [-0.2, 0) is 0 Å². The number of hydrogen-bond donors (Lipinski definition) is 0. The van der Waals surface area contributed by atoms with Crippen molar-refractivity contribution in [3.05, 3.63) is 60.3 Å². The number of para-hydroxylation sites is 1. The number of aromatic nitrogens is 1. The number of pyridine rings is 1. The molecule has 0 saturated carbocycles. The van der Waals surface area contributed by atoms with Gasteiger partial charge < -0.3 is 4.42 Å². The lowest BCUT2D eigenvalue weighted by Gasteiger charge is -2.16. The minimum atomic E-state index is -1.34. The van der Waals surface area contributed by atoms with Gasteiger partial charge in [-0.25, -0.2) is 0 Å². The molecule has 4 rings (SSSR count). The summed E-state index contributed by atoms with van der Waals surface area (Å²) in [4.78, 5) is 4.76. The van der Waals surface area contributed by atoms with Crippen LogP contribution in [0.25, 0.3) is 33.2 Å². The van der Waals surface area contributed by atoms with Crippen molar-refractivity contribution in [2.45, 2.75) is 39.4 Å². The lowest BCUT2D eigenvalue weighted by atomic mass is 10.0. The van der Waals surface area contributed by atoms with Crippen molar-refractivity contribution in [3.63, 3.8) is 0 Å². The molecular weight excluding hydrogens is 334 g/mol. The fourth-order valence-corrected chi connectivity index (χ4v) is 4.41. The third kappa shape index (κ3) is 2.86. The van der Waals surface area contributed by atoms with E-state index in [9.17, 15) is 0 Å². The fourth-order valence-electron chi connectivity index (χ4n) is 3.37. The van der Waals surface area contributed by atoms with Crippen LogP contribution < -0.4 is 5.19 Å². The van der Waals surface area contributed by atoms with E-state index in [2.05, 4.69) is 82.0 Å². The van der Waals surface area contributed by atoms with Gasteiger partial charge in [-0.15, -0.1) is 0 Å². The van der Waals surface area contributed by atoms with E-state index in [0.29, 0.717) is 5.92 Å². The van der Waals surface area contributed by atoms with Crippen molar-refractivity contribution in [2.75, 3.05) is 0 Å². The summed E-state index contributed by atoms with van der Waals surface area (Å²) in [7, 11) is -1.34. The van der Waals surface area contributed by atoms with Gasteiger partial charge in [-0.2, -0.15) is 0 Å². The van der Waals surface area contributed by atoms with Crippen LogP contribution in [0.5, 0.6) is 0 Å². The van der Waals surface area contributed by atoms with Crippen molar-refractivity contribution in [1.82, 2.24) is 4.98 Å². The van der Waals surface area contributed by atoms with Gasteiger partial charge >= 0.3 is 0 Å². The van der Waals surface area contributed by atoms with Crippen LogP contribution in [0.4, 0.5) is 0 Å². The number of nitrogens with zero attached hydrogens (tertiary/aromatic N) is 1. The van der Waals surface area contributed by atoms with E-state index >= 15 is 0 Å². The number of fused-ring (bicyclic) bond motifs is 3. The second-order valence-corrected chi connectivity index (χ2v) is 13.5. The number of benzene rings is 2. The van der Waals surface area contributed by atoms with Gasteiger partial charge in [0.2, 0.25) is 0 Å². The molecule has 0 radical (unpaired) electrons. The molecule has 0 spiro atoms. The van der Waals surface area contributed by atoms with E-state index in [4.69, 9.17) is 9.40 Å². The summed E-state index contributed by atoms with van der Waals surface area (Å²) in [6.45, 7) is 11.4. The summed E-state index contributed by atoms with van der Waals surface area (Å²) in [6.07, 6.45) is 2.04. The smallest absolute Gasteiger partial charge is 0.144 e. The number of hydrogen-bond acceptors (Lipinski definition) is 2. The molecule has 0 aliphatic heterocycles. The highest BCUT2D eigenvalue weighted by Crippen LogP contribution is 2.36. The molecule has 0 amide bonds. The zero-order chi connectivity index (χ0) is 18.5. The van der Waals surface area contributed by atoms with E-state index < -0.39 is 8.07 Å². The maximum atomic E-state index is 6.30. The predicted octanol–water partition coefficient (Wildman–Crippen LogP) is 6.32. The summed E-state index contributed by atoms with van der Waals surface area (Å²) >= 11 is 0. The van der Waals surface area contributed by atoms with Crippen LogP contribution >= 0.6 is 0 Å². The Morgan fingerprint density at radius 1 is 0.923 bits per heavy atom. The first kappa shape index (κ1) is 17.0. The zero-order valence-corrected chi connectivity index (χ0v) is 17.1. The Balaban J connectivity index is 1.89. The van der Waals surface area contributed by atoms with Gasteiger partial charge in [-0.3, -0.25) is 4.98 Å². The van der Waals surface area contributed by atoms with Gasteiger partial charge in [0.15, 0.2) is 0 Å². The first-order valence-corrected chi connectivity index (χ1v) is 12.8. The molecule has 2 nitrogen and oxygen atoms in total. The maximum absolute atomic E-state index is 6.30. The predicted molar refractivity (Wildman–Crippen MR) is 114 cm³/mol. The standard InChI is InChI=1S/C23H25NOSi/c1-15(2)16-9-11-18-19-7-6-8-20(23(19)25-22(18)13-16)21-12-10-17(14-24-21)26(3,4)5/h6-15H,1-5H3. The van der Waals surface area contributed by atoms with Crippen LogP contribution in [-0.4, -0.2) is 13.1 Å². The molecule has 26 heavy (non-hydrogen) atoms. The fraction of sp³-hybridized carbons (Fsp3) is 0.261. The molecule has 2 heterocycles. The zero-order valence-electron chi connectivity index (χ0n) is 16.1. The van der Waals surface area contributed by atoms with E-state index in [1.54, 1.807) is 0 Å². The molecule has 2 aromatic carbocycles. The van der Waals surface area contributed by atoms with E-state index in [1.807, 2.05) is 6.20 Å². The summed E-state index contributed by atoms with van der Waals surface area (Å²) in [5.74, 6) is 0.489. The Kier molecular flexibility index (Phi) is 4.00. The molecule has 4 aromatic rings. The average Bonchev–Trinajstić information content (AvgIpc) is 2.98. The largest absolute Gasteiger partial charge is 0.455 e. The summed E-state index contributed by atoms with van der Waals surface area (Å²) in [5.41, 5.74) is 5.22. The highest BCUT2D eigenvalue weighted by atomic mass is 28.3. The molecule has 0 unspecified atom stereocenters. The van der Waals surface area contributed by atoms with Crippen molar-refractivity contribution < 1.29 is 4.42 Å². The van der Waals surface area contributed by atoms with Gasteiger partial charge in [0.25, 0.3) is 0 Å². The van der Waals surface area contributed by atoms with Gasteiger partial charge in [0.1, 0.15) is 11.2 Å². The molecule has 132 valence electrons. The van der Waals surface area contributed by atoms with Gasteiger partial charge in [0, 0.05) is 22.5 Å². The molecule has 0 fully saturated rings. The first-order chi connectivity index (χ1) is 12.3. The van der Waals surface area contributed by atoms with Crippen LogP contribution in [0.1, 0.15) is 25.3 Å². The van der Waals surface area contributed by atoms with E-state index in [1.165, 1.54) is 16.1 Å². The second-order valence-electron chi connectivity index (χ2n) is 8.38. The summed E-state index contributed by atoms with van der Waals surface area (Å²) in [5, 5.41) is 3.70. The number of rotatable bonds is 3. The normalized spacial score (nSPS) is 12.4. The Bertz CT molecular complexity index is 1090. The van der Waals surface area contributed by atoms with Gasteiger partial charge in [0.05, 0.1) is 13.8 Å². The summed E-state index contributed by atoms with van der Waals surface area (Å²) in [6, 6.07) is 17.3. The van der Waals surface area contributed by atoms with E-state index in [0.717, 1.165) is 27.8 Å². The van der Waals surface area contributed by atoms with E-state index in [-0.39, 0.29) is 0 Å². The second kappa shape index (κ2) is 6.10. The number of furan rings is 1. The Morgan fingerprint density at radius 2 is 1.73 bits per heavy atom. The average molecular weight is 360 g/mol. The first-order valence-electron chi connectivity index (χ1n) is 9.26. The molecular formula is C23H25NOSi. The molecule has 0 aliphatic carbocycles. The molecule has 2 aromatic heterocycles. The monoisotopic (exact) mass is 359 g/mol. The quantitative estimate of drug-likeness (QED) is 0.400. The molecule has 0 aliphatic rings. The molecule has 0 N–H and O–H groups in total. The van der Waals surface area contributed by atoms with Crippen LogP contribution in [0.2, 0.25) is 19.6 Å². The van der Waals surface area contributed by atoms with Gasteiger partial charge in [-0.05, 0) is 34.9 Å². The minimum absolute atomic E-state index is 0.489. The summed E-state index contributed by atoms with van der Waals surface area (Å²) < 4.78 is 6.30. The lowest BCUT2D eigenvalue weighted by Crippen LogP contribution is -2.37. The highest BCUT2D eigenvalue weighted by molar-refractivity contribution is 6.88. The third-order valence-corrected chi connectivity index (χ3v) is 7.12. The Labute approximate surface area is 155 Å². The lowest BCUT2D eigenvalue weighted by molar-refractivity contribution is 0.668. The minimum Gasteiger partial charge on any atom is -0.455 e. The maximum Gasteiger partial charge on any atom is 0.144 e. The topological polar surface area (TPSA) is 26.0 Å². The van der Waals surface area contributed by atoms with Crippen LogP contribution in [0.15, 0.2) is 59.1 Å². The third-order valence-electron chi connectivity index (χ3n) is 5.10. The molecule has 0 atom stereocenters. The van der Waals surface area contributed by atoms with Crippen molar-refractivity contribution in [1.29, 1.82) is 0 Å². The van der Waals surface area contributed by atoms with Crippen molar-refractivity contribution >= 4 is 35.2 Å². The molecule has 0 bridgehead atoms. The van der Waals surface area contributed by atoms with Crippen molar-refractivity contribution in [2.24, 2.45) is 0 Å².